The molecule has 1 aromatic heterocycles. The van der Waals surface area contributed by atoms with E-state index >= 15 is 0 Å². The van der Waals surface area contributed by atoms with Crippen LogP contribution in [0.5, 0.6) is 0 Å². The molecule has 0 aliphatic carbocycles. The van der Waals surface area contributed by atoms with Gasteiger partial charge >= 0.3 is 0 Å². The highest BCUT2D eigenvalue weighted by molar-refractivity contribution is 5.85. The molecule has 1 aliphatic rings. The lowest BCUT2D eigenvalue weighted by atomic mass is 9.87. The van der Waals surface area contributed by atoms with Crippen molar-refractivity contribution in [3.05, 3.63) is 48.2 Å². The third-order valence-corrected chi connectivity index (χ3v) is 3.82. The van der Waals surface area contributed by atoms with Crippen LogP contribution >= 0.6 is 0 Å². The molecule has 3 N–H and O–H groups in total. The lowest BCUT2D eigenvalue weighted by molar-refractivity contribution is -0.122. The zero-order chi connectivity index (χ0) is 13.4. The van der Waals surface area contributed by atoms with E-state index in [2.05, 4.69) is 22.0 Å². The molecule has 98 valence electrons. The third-order valence-electron chi connectivity index (χ3n) is 3.82. The monoisotopic (exact) mass is 255 g/mol. The summed E-state index contributed by atoms with van der Waals surface area (Å²) in [6.07, 6.45) is 5.85. The van der Waals surface area contributed by atoms with Gasteiger partial charge in [-0.05, 0) is 24.1 Å². The number of hydrogen-bond acceptors (Lipinski definition) is 2. The van der Waals surface area contributed by atoms with Gasteiger partial charge in [0.2, 0.25) is 5.91 Å². The average Bonchev–Trinajstić information content (AvgIpc) is 2.86. The zero-order valence-corrected chi connectivity index (χ0v) is 10.8. The number of aromatic nitrogens is 1. The SMILES string of the molecule is CN1CC=CC(C(N)=O)C1c1cccc2cc[nH]c12. The average molecular weight is 255 g/mol. The number of fused-ring (bicyclic) bond motifs is 1. The number of rotatable bonds is 2. The van der Waals surface area contributed by atoms with Gasteiger partial charge in [0, 0.05) is 12.7 Å². The van der Waals surface area contributed by atoms with Gasteiger partial charge in [-0.15, -0.1) is 0 Å². The van der Waals surface area contributed by atoms with Crippen LogP contribution < -0.4 is 5.73 Å². The maximum absolute atomic E-state index is 11.7. The van der Waals surface area contributed by atoms with E-state index in [4.69, 9.17) is 5.73 Å². The van der Waals surface area contributed by atoms with Crippen LogP contribution in [0.15, 0.2) is 42.6 Å². The van der Waals surface area contributed by atoms with Gasteiger partial charge < -0.3 is 10.7 Å². The first-order valence-electron chi connectivity index (χ1n) is 6.40. The molecule has 2 heterocycles. The van der Waals surface area contributed by atoms with Crippen molar-refractivity contribution < 1.29 is 4.79 Å². The number of H-pyrrole nitrogens is 1. The van der Waals surface area contributed by atoms with Crippen molar-refractivity contribution in [3.8, 4) is 0 Å². The van der Waals surface area contributed by atoms with Gasteiger partial charge in [0.15, 0.2) is 0 Å². The number of amides is 1. The topological polar surface area (TPSA) is 62.1 Å². The first kappa shape index (κ1) is 12.0. The summed E-state index contributed by atoms with van der Waals surface area (Å²) in [5.41, 5.74) is 7.76. The second-order valence-corrected chi connectivity index (χ2v) is 5.03. The Morgan fingerprint density at radius 3 is 3.05 bits per heavy atom. The normalized spacial score (nSPS) is 23.8. The number of para-hydroxylation sites is 1. The van der Waals surface area contributed by atoms with Crippen molar-refractivity contribution >= 4 is 16.8 Å². The van der Waals surface area contributed by atoms with E-state index < -0.39 is 0 Å². The minimum absolute atomic E-state index is 0.00940. The Hall–Kier alpha value is -2.07. The molecule has 2 unspecified atom stereocenters. The van der Waals surface area contributed by atoms with Crippen LogP contribution in [0.3, 0.4) is 0 Å². The highest BCUT2D eigenvalue weighted by Gasteiger charge is 2.32. The zero-order valence-electron chi connectivity index (χ0n) is 10.8. The summed E-state index contributed by atoms with van der Waals surface area (Å²) in [5.74, 6) is -0.566. The fraction of sp³-hybridized carbons (Fsp3) is 0.267. The van der Waals surface area contributed by atoms with Gasteiger partial charge in [-0.25, -0.2) is 0 Å². The molecule has 1 aromatic carbocycles. The number of likely N-dealkylation sites (N-methyl/N-ethyl adjacent to an activating group) is 1. The van der Waals surface area contributed by atoms with Crippen LogP contribution in [0.25, 0.3) is 10.9 Å². The molecule has 4 heteroatoms. The van der Waals surface area contributed by atoms with Gasteiger partial charge in [0.25, 0.3) is 0 Å². The minimum Gasteiger partial charge on any atom is -0.369 e. The summed E-state index contributed by atoms with van der Waals surface area (Å²) < 4.78 is 0. The van der Waals surface area contributed by atoms with Crippen molar-refractivity contribution in [2.24, 2.45) is 11.7 Å². The molecule has 0 saturated heterocycles. The van der Waals surface area contributed by atoms with Crippen LogP contribution in [-0.4, -0.2) is 29.4 Å². The molecule has 0 bridgehead atoms. The van der Waals surface area contributed by atoms with Gasteiger partial charge in [-0.2, -0.15) is 0 Å². The molecule has 0 spiro atoms. The Kier molecular flexibility index (Phi) is 2.87. The van der Waals surface area contributed by atoms with E-state index in [0.29, 0.717) is 0 Å². The van der Waals surface area contributed by atoms with E-state index in [1.807, 2.05) is 37.5 Å². The molecule has 0 radical (unpaired) electrons. The molecule has 19 heavy (non-hydrogen) atoms. The number of benzene rings is 1. The van der Waals surface area contributed by atoms with Crippen molar-refractivity contribution in [3.63, 3.8) is 0 Å². The third kappa shape index (κ3) is 1.94. The summed E-state index contributed by atoms with van der Waals surface area (Å²) in [7, 11) is 2.02. The van der Waals surface area contributed by atoms with Crippen molar-refractivity contribution in [2.45, 2.75) is 6.04 Å². The van der Waals surface area contributed by atoms with E-state index in [1.165, 1.54) is 0 Å². The number of carbonyl (C=O) groups excluding carboxylic acids is 1. The molecule has 2 atom stereocenters. The Labute approximate surface area is 111 Å². The maximum atomic E-state index is 11.7. The Balaban J connectivity index is 2.15. The number of carbonyl (C=O) groups is 1. The van der Waals surface area contributed by atoms with E-state index in [9.17, 15) is 4.79 Å². The first-order valence-corrected chi connectivity index (χ1v) is 6.40. The van der Waals surface area contributed by atoms with Gasteiger partial charge in [0.1, 0.15) is 0 Å². The number of nitrogens with one attached hydrogen (secondary N) is 1. The van der Waals surface area contributed by atoms with Crippen LogP contribution in [0, 0.1) is 5.92 Å². The number of primary amides is 1. The van der Waals surface area contributed by atoms with Crippen molar-refractivity contribution in [2.75, 3.05) is 13.6 Å². The summed E-state index contributed by atoms with van der Waals surface area (Å²) >= 11 is 0. The van der Waals surface area contributed by atoms with Crippen LogP contribution in [0.1, 0.15) is 11.6 Å². The van der Waals surface area contributed by atoms with Gasteiger partial charge in [0.05, 0.1) is 17.5 Å². The highest BCUT2D eigenvalue weighted by atomic mass is 16.1. The van der Waals surface area contributed by atoms with Crippen molar-refractivity contribution in [1.29, 1.82) is 0 Å². The molecule has 4 nitrogen and oxygen atoms in total. The first-order chi connectivity index (χ1) is 9.18. The second-order valence-electron chi connectivity index (χ2n) is 5.03. The largest absolute Gasteiger partial charge is 0.369 e. The molecule has 1 aliphatic heterocycles. The van der Waals surface area contributed by atoms with E-state index in [-0.39, 0.29) is 17.9 Å². The number of nitrogens with zero attached hydrogens (tertiary/aromatic N) is 1. The fourth-order valence-electron chi connectivity index (χ4n) is 2.90. The smallest absolute Gasteiger partial charge is 0.226 e. The highest BCUT2D eigenvalue weighted by Crippen LogP contribution is 2.35. The Bertz CT molecular complexity index is 644. The quantitative estimate of drug-likeness (QED) is 0.804. The molecule has 2 aromatic rings. The molecular formula is C15H17N3O. The Morgan fingerprint density at radius 2 is 2.26 bits per heavy atom. The van der Waals surface area contributed by atoms with Crippen LogP contribution in [-0.2, 0) is 4.79 Å². The lowest BCUT2D eigenvalue weighted by Crippen LogP contribution is -2.39. The molecule has 3 rings (SSSR count). The maximum Gasteiger partial charge on any atom is 0.226 e. The molecule has 1 amide bonds. The number of hydrogen-bond donors (Lipinski definition) is 2. The summed E-state index contributed by atoms with van der Waals surface area (Å²) in [5, 5.41) is 1.16. The van der Waals surface area contributed by atoms with Crippen molar-refractivity contribution in [1.82, 2.24) is 9.88 Å². The lowest BCUT2D eigenvalue weighted by Gasteiger charge is -2.34. The van der Waals surface area contributed by atoms with Crippen LogP contribution in [0.4, 0.5) is 0 Å². The number of nitrogens with two attached hydrogens (primary N) is 1. The standard InChI is InChI=1S/C15H17N3O/c1-18-9-3-6-12(15(16)19)14(18)11-5-2-4-10-7-8-17-13(10)11/h2-8,12,14,17H,9H2,1H3,(H2,16,19). The number of aromatic amines is 1. The summed E-state index contributed by atoms with van der Waals surface area (Å²) in [6.45, 7) is 0.825. The molecule has 0 fully saturated rings. The fourth-order valence-corrected chi connectivity index (χ4v) is 2.90. The Morgan fingerprint density at radius 1 is 1.42 bits per heavy atom. The predicted molar refractivity (Wildman–Crippen MR) is 75.5 cm³/mol. The van der Waals surface area contributed by atoms with E-state index in [0.717, 1.165) is 23.0 Å². The second kappa shape index (κ2) is 4.55. The van der Waals surface area contributed by atoms with E-state index in [1.54, 1.807) is 0 Å². The van der Waals surface area contributed by atoms with Gasteiger partial charge in [-0.1, -0.05) is 30.4 Å². The molecule has 0 saturated carbocycles. The summed E-state index contributed by atoms with van der Waals surface area (Å²) in [4.78, 5) is 17.1. The minimum atomic E-state index is -0.285. The molecular weight excluding hydrogens is 238 g/mol. The summed E-state index contributed by atoms with van der Waals surface area (Å²) in [6, 6.07) is 8.18. The van der Waals surface area contributed by atoms with Gasteiger partial charge in [-0.3, -0.25) is 9.69 Å². The predicted octanol–water partition coefficient (Wildman–Crippen LogP) is 1.81. The van der Waals surface area contributed by atoms with Crippen LogP contribution in [0.2, 0.25) is 0 Å².